The maximum absolute atomic E-state index is 11.6. The quantitative estimate of drug-likeness (QED) is 0.600. The van der Waals surface area contributed by atoms with E-state index in [-0.39, 0.29) is 18.3 Å². The predicted octanol–water partition coefficient (Wildman–Crippen LogP) is 3.01. The molecule has 2 rings (SSSR count). The van der Waals surface area contributed by atoms with Gasteiger partial charge in [-0.25, -0.2) is 4.79 Å². The van der Waals surface area contributed by atoms with Crippen molar-refractivity contribution in [3.8, 4) is 11.1 Å². The number of rotatable bonds is 6. The Morgan fingerprint density at radius 1 is 1.04 bits per heavy atom. The molecule has 0 fully saturated rings. The zero-order valence-electron chi connectivity index (χ0n) is 13.0. The van der Waals surface area contributed by atoms with Crippen molar-refractivity contribution in [3.05, 3.63) is 59.7 Å². The van der Waals surface area contributed by atoms with Crippen LogP contribution in [0, 0.1) is 0 Å². The second-order valence-corrected chi connectivity index (χ2v) is 6.81. The van der Waals surface area contributed by atoms with Crippen molar-refractivity contribution in [1.82, 2.24) is 0 Å². The first-order valence-electron chi connectivity index (χ1n) is 7.10. The van der Waals surface area contributed by atoms with E-state index in [1.165, 1.54) is 14.0 Å². The molecule has 0 spiro atoms. The van der Waals surface area contributed by atoms with E-state index in [0.717, 1.165) is 16.7 Å². The molecule has 0 bridgehead atoms. The monoisotopic (exact) mass is 334 g/mol. The third-order valence-corrected chi connectivity index (χ3v) is 4.51. The Kier molecular flexibility index (Phi) is 5.52. The van der Waals surface area contributed by atoms with Crippen molar-refractivity contribution in [1.29, 1.82) is 0 Å². The van der Waals surface area contributed by atoms with E-state index in [1.54, 1.807) is 30.3 Å². The number of carbonyl (C=O) groups excluding carboxylic acids is 1. The molecule has 2 aromatic carbocycles. The summed E-state index contributed by atoms with van der Waals surface area (Å²) < 4.78 is 32.2. The van der Waals surface area contributed by atoms with Gasteiger partial charge in [-0.3, -0.25) is 4.18 Å². The van der Waals surface area contributed by atoms with Gasteiger partial charge in [0.1, 0.15) is 0 Å². The lowest BCUT2D eigenvalue weighted by Gasteiger charge is -2.07. The maximum Gasteiger partial charge on any atom is 0.337 e. The molecule has 5 nitrogen and oxygen atoms in total. The summed E-state index contributed by atoms with van der Waals surface area (Å²) in [6.45, 7) is 1.55. The van der Waals surface area contributed by atoms with Gasteiger partial charge in [0.2, 0.25) is 0 Å². The zero-order valence-corrected chi connectivity index (χ0v) is 13.8. The van der Waals surface area contributed by atoms with Crippen molar-refractivity contribution in [2.75, 3.05) is 12.9 Å². The van der Waals surface area contributed by atoms with Crippen molar-refractivity contribution < 1.29 is 22.1 Å². The molecule has 0 heterocycles. The van der Waals surface area contributed by atoms with Crippen LogP contribution in [0.25, 0.3) is 11.1 Å². The van der Waals surface area contributed by atoms with E-state index in [9.17, 15) is 13.2 Å². The van der Waals surface area contributed by atoms with Crippen molar-refractivity contribution in [2.24, 2.45) is 0 Å². The third-order valence-electron chi connectivity index (χ3n) is 3.33. The Morgan fingerprint density at radius 3 is 2.35 bits per heavy atom. The lowest BCUT2D eigenvalue weighted by atomic mass is 10.0. The minimum Gasteiger partial charge on any atom is -0.465 e. The van der Waals surface area contributed by atoms with E-state index < -0.39 is 10.1 Å². The second-order valence-electron chi connectivity index (χ2n) is 4.88. The average Bonchev–Trinajstić information content (AvgIpc) is 2.60. The summed E-state index contributed by atoms with van der Waals surface area (Å²) in [7, 11) is -2.11. The summed E-state index contributed by atoms with van der Waals surface area (Å²) in [5, 5.41) is 0. The molecule has 0 saturated heterocycles. The van der Waals surface area contributed by atoms with E-state index in [0.29, 0.717) is 5.56 Å². The highest BCUT2D eigenvalue weighted by Crippen LogP contribution is 2.21. The van der Waals surface area contributed by atoms with Crippen LogP contribution in [0.2, 0.25) is 0 Å². The normalized spacial score (nSPS) is 11.2. The van der Waals surface area contributed by atoms with Gasteiger partial charge in [0.15, 0.2) is 0 Å². The summed E-state index contributed by atoms with van der Waals surface area (Å²) in [5.41, 5.74) is 3.03. The summed E-state index contributed by atoms with van der Waals surface area (Å²) >= 11 is 0. The van der Waals surface area contributed by atoms with Gasteiger partial charge in [0.05, 0.1) is 25.0 Å². The van der Waals surface area contributed by atoms with Gasteiger partial charge in [-0.05, 0) is 35.7 Å². The molecule has 0 aliphatic carbocycles. The molecule has 0 aliphatic heterocycles. The number of esters is 1. The second kappa shape index (κ2) is 7.39. The largest absolute Gasteiger partial charge is 0.465 e. The predicted molar refractivity (Wildman–Crippen MR) is 87.5 cm³/mol. The van der Waals surface area contributed by atoms with Crippen LogP contribution in [0.3, 0.4) is 0 Å². The van der Waals surface area contributed by atoms with Crippen LogP contribution in [0.5, 0.6) is 0 Å². The molecule has 0 amide bonds. The Labute approximate surface area is 136 Å². The molecule has 122 valence electrons. The third kappa shape index (κ3) is 4.64. The summed E-state index contributed by atoms with van der Waals surface area (Å²) in [4.78, 5) is 11.6. The molecule has 23 heavy (non-hydrogen) atoms. The van der Waals surface area contributed by atoms with Crippen LogP contribution in [0.4, 0.5) is 0 Å². The van der Waals surface area contributed by atoms with Gasteiger partial charge in [-0.15, -0.1) is 0 Å². The number of hydrogen-bond donors (Lipinski definition) is 0. The fraction of sp³-hybridized carbons (Fsp3) is 0.235. The van der Waals surface area contributed by atoms with Gasteiger partial charge in [-0.1, -0.05) is 36.4 Å². The molecule has 6 heteroatoms. The Morgan fingerprint density at radius 2 is 1.74 bits per heavy atom. The first kappa shape index (κ1) is 17.2. The van der Waals surface area contributed by atoms with Crippen LogP contribution >= 0.6 is 0 Å². The molecule has 0 aromatic heterocycles. The lowest BCUT2D eigenvalue weighted by molar-refractivity contribution is 0.0601. The van der Waals surface area contributed by atoms with Crippen LogP contribution < -0.4 is 0 Å². The van der Waals surface area contributed by atoms with E-state index >= 15 is 0 Å². The SMILES string of the molecule is CCS(=O)(=O)OCc1ccc(-c2cccc(C(=O)OC)c2)cc1. The molecule has 0 unspecified atom stereocenters. The summed E-state index contributed by atoms with van der Waals surface area (Å²) in [5.74, 6) is -0.438. The van der Waals surface area contributed by atoms with Crippen molar-refractivity contribution in [2.45, 2.75) is 13.5 Å². The highest BCUT2D eigenvalue weighted by atomic mass is 32.2. The first-order chi connectivity index (χ1) is 10.9. The lowest BCUT2D eigenvalue weighted by Crippen LogP contribution is -2.07. The molecule has 0 atom stereocenters. The molecule has 2 aromatic rings. The topological polar surface area (TPSA) is 69.7 Å². The molecule has 0 aliphatic rings. The average molecular weight is 334 g/mol. The van der Waals surface area contributed by atoms with Crippen LogP contribution in [0.15, 0.2) is 48.5 Å². The van der Waals surface area contributed by atoms with Crippen molar-refractivity contribution in [3.63, 3.8) is 0 Å². The number of ether oxygens (including phenoxy) is 1. The van der Waals surface area contributed by atoms with Gasteiger partial charge >= 0.3 is 5.97 Å². The van der Waals surface area contributed by atoms with Gasteiger partial charge in [0, 0.05) is 0 Å². The summed E-state index contributed by atoms with van der Waals surface area (Å²) in [6, 6.07) is 14.4. The van der Waals surface area contributed by atoms with E-state index in [2.05, 4.69) is 0 Å². The van der Waals surface area contributed by atoms with Crippen LogP contribution in [-0.4, -0.2) is 27.2 Å². The maximum atomic E-state index is 11.6. The van der Waals surface area contributed by atoms with E-state index in [4.69, 9.17) is 8.92 Å². The fourth-order valence-electron chi connectivity index (χ4n) is 1.98. The van der Waals surface area contributed by atoms with Crippen LogP contribution in [0.1, 0.15) is 22.8 Å². The molecule has 0 saturated carbocycles. The number of benzene rings is 2. The number of hydrogen-bond acceptors (Lipinski definition) is 5. The number of methoxy groups -OCH3 is 1. The highest BCUT2D eigenvalue weighted by molar-refractivity contribution is 7.86. The van der Waals surface area contributed by atoms with Gasteiger partial charge in [0.25, 0.3) is 10.1 Å². The minimum absolute atomic E-state index is 0.0126. The Bertz CT molecular complexity index is 779. The Hall–Kier alpha value is -2.18. The van der Waals surface area contributed by atoms with Gasteiger partial charge < -0.3 is 4.74 Å². The van der Waals surface area contributed by atoms with Crippen LogP contribution in [-0.2, 0) is 25.6 Å². The van der Waals surface area contributed by atoms with Gasteiger partial charge in [-0.2, -0.15) is 8.42 Å². The highest BCUT2D eigenvalue weighted by Gasteiger charge is 2.09. The zero-order chi connectivity index (χ0) is 16.9. The molecule has 0 N–H and O–H groups in total. The summed E-state index contributed by atoms with van der Waals surface area (Å²) in [6.07, 6.45) is 0. The molecule has 0 radical (unpaired) electrons. The minimum atomic E-state index is -3.45. The molecular weight excluding hydrogens is 316 g/mol. The smallest absolute Gasteiger partial charge is 0.337 e. The number of carbonyl (C=O) groups is 1. The first-order valence-corrected chi connectivity index (χ1v) is 8.67. The fourth-order valence-corrected chi connectivity index (χ4v) is 2.46. The van der Waals surface area contributed by atoms with Crippen molar-refractivity contribution >= 4 is 16.1 Å². The molecular formula is C17H18O5S. The Balaban J connectivity index is 2.15. The standard InChI is InChI=1S/C17H18O5S/c1-3-23(19,20)22-12-13-7-9-14(10-8-13)15-5-4-6-16(11-15)17(18)21-2/h4-11H,3,12H2,1-2H3. The van der Waals surface area contributed by atoms with E-state index in [1.807, 2.05) is 18.2 Å².